The van der Waals surface area contributed by atoms with Crippen LogP contribution in [-0.2, 0) is 4.79 Å². The molecule has 1 saturated heterocycles. The number of para-hydroxylation sites is 2. The molecule has 0 aliphatic carbocycles. The molecule has 1 amide bonds. The summed E-state index contributed by atoms with van der Waals surface area (Å²) in [6.45, 7) is 3.20. The normalized spacial score (nSPS) is 14.8. The Hall–Kier alpha value is -3.09. The number of amides is 1. The first-order valence-corrected chi connectivity index (χ1v) is 12.0. The average Bonchev–Trinajstić information content (AvgIpc) is 3.28. The molecule has 4 aromatic rings. The minimum atomic E-state index is 0.172. The molecule has 162 valence electrons. The smallest absolute Gasteiger partial charge is 0.233 e. The van der Waals surface area contributed by atoms with E-state index in [1.165, 1.54) is 22.9 Å². The van der Waals surface area contributed by atoms with Crippen molar-refractivity contribution in [3.8, 4) is 0 Å². The van der Waals surface area contributed by atoms with Gasteiger partial charge in [-0.2, -0.15) is 0 Å². The van der Waals surface area contributed by atoms with Gasteiger partial charge in [-0.25, -0.2) is 4.98 Å². The third-order valence-corrected chi connectivity index (χ3v) is 6.82. The van der Waals surface area contributed by atoms with Gasteiger partial charge in [0.15, 0.2) is 5.16 Å². The lowest BCUT2D eigenvalue weighted by molar-refractivity contribution is -0.130. The molecule has 0 unspecified atom stereocenters. The largest absolute Gasteiger partial charge is 0.339 e. The molecule has 1 fully saturated rings. The topological polar surface area (TPSA) is 52.2 Å². The average molecular weight is 443 g/mol. The van der Waals surface area contributed by atoms with E-state index in [9.17, 15) is 4.79 Å². The lowest BCUT2D eigenvalue weighted by atomic mass is 9.96. The van der Waals surface area contributed by atoms with Crippen molar-refractivity contribution in [2.24, 2.45) is 0 Å². The van der Waals surface area contributed by atoms with Gasteiger partial charge in [-0.05, 0) is 23.3 Å². The second-order valence-corrected chi connectivity index (χ2v) is 8.95. The zero-order chi connectivity index (χ0) is 21.8. The number of nitrogens with one attached hydrogen (secondary N) is 1. The van der Waals surface area contributed by atoms with E-state index in [1.807, 2.05) is 29.2 Å². The van der Waals surface area contributed by atoms with Crippen LogP contribution in [0.1, 0.15) is 17.2 Å². The molecule has 1 N–H and O–H groups in total. The number of aromatic amines is 1. The maximum Gasteiger partial charge on any atom is 0.233 e. The number of thioether (sulfide) groups is 1. The summed E-state index contributed by atoms with van der Waals surface area (Å²) in [7, 11) is 0. The summed E-state index contributed by atoms with van der Waals surface area (Å²) < 4.78 is 0. The summed E-state index contributed by atoms with van der Waals surface area (Å²) >= 11 is 1.48. The summed E-state index contributed by atoms with van der Waals surface area (Å²) in [4.78, 5) is 25.2. The third kappa shape index (κ3) is 4.56. The number of hydrogen-bond acceptors (Lipinski definition) is 4. The summed E-state index contributed by atoms with van der Waals surface area (Å²) in [6.07, 6.45) is 0. The Morgan fingerprint density at radius 3 is 2.06 bits per heavy atom. The fourth-order valence-corrected chi connectivity index (χ4v) is 5.12. The van der Waals surface area contributed by atoms with E-state index >= 15 is 0 Å². The fraction of sp³-hybridized carbons (Fsp3) is 0.231. The molecule has 0 atom stereocenters. The molecule has 5 nitrogen and oxygen atoms in total. The van der Waals surface area contributed by atoms with Gasteiger partial charge in [0.05, 0.1) is 22.8 Å². The van der Waals surface area contributed by atoms with Crippen molar-refractivity contribution in [1.82, 2.24) is 19.8 Å². The monoisotopic (exact) mass is 442 g/mol. The first-order valence-electron chi connectivity index (χ1n) is 11.0. The maximum atomic E-state index is 12.8. The van der Waals surface area contributed by atoms with E-state index in [0.717, 1.165) is 42.4 Å². The van der Waals surface area contributed by atoms with Gasteiger partial charge in [-0.15, -0.1) is 0 Å². The predicted molar refractivity (Wildman–Crippen MR) is 130 cm³/mol. The number of hydrogen-bond donors (Lipinski definition) is 1. The van der Waals surface area contributed by atoms with Crippen molar-refractivity contribution in [3.05, 3.63) is 96.1 Å². The number of H-pyrrole nitrogens is 1. The minimum absolute atomic E-state index is 0.172. The van der Waals surface area contributed by atoms with Gasteiger partial charge in [-0.1, -0.05) is 84.6 Å². The number of benzene rings is 3. The van der Waals surface area contributed by atoms with Crippen molar-refractivity contribution in [2.75, 3.05) is 31.9 Å². The van der Waals surface area contributed by atoms with Crippen LogP contribution in [0.5, 0.6) is 0 Å². The number of fused-ring (bicyclic) bond motifs is 1. The Labute approximate surface area is 192 Å². The summed E-state index contributed by atoms with van der Waals surface area (Å²) in [5.74, 6) is 0.576. The molecule has 6 heteroatoms. The fourth-order valence-electron chi connectivity index (χ4n) is 4.33. The van der Waals surface area contributed by atoms with Gasteiger partial charge < -0.3 is 9.88 Å². The van der Waals surface area contributed by atoms with Crippen molar-refractivity contribution < 1.29 is 4.79 Å². The highest BCUT2D eigenvalue weighted by Gasteiger charge is 2.28. The Morgan fingerprint density at radius 1 is 0.844 bits per heavy atom. The molecule has 2 heterocycles. The van der Waals surface area contributed by atoms with Gasteiger partial charge >= 0.3 is 0 Å². The molecule has 0 radical (unpaired) electrons. The van der Waals surface area contributed by atoms with Gasteiger partial charge in [-0.3, -0.25) is 9.69 Å². The Balaban J connectivity index is 1.22. The Bertz CT molecular complexity index is 1100. The van der Waals surface area contributed by atoms with Gasteiger partial charge in [0.1, 0.15) is 0 Å². The van der Waals surface area contributed by atoms with Crippen molar-refractivity contribution in [3.63, 3.8) is 0 Å². The van der Waals surface area contributed by atoms with Crippen LogP contribution in [0, 0.1) is 0 Å². The molecular weight excluding hydrogens is 416 g/mol. The standard InChI is InChI=1S/C26H26N4OS/c31-24(19-32-26-27-22-13-7-8-14-23(22)28-26)29-15-17-30(18-16-29)25(20-9-3-1-4-10-20)21-11-5-2-6-12-21/h1-14,25H,15-19H2,(H,27,28). The highest BCUT2D eigenvalue weighted by molar-refractivity contribution is 7.99. The van der Waals surface area contributed by atoms with E-state index in [4.69, 9.17) is 0 Å². The molecule has 0 spiro atoms. The summed E-state index contributed by atoms with van der Waals surface area (Å²) in [5, 5.41) is 0.798. The molecule has 1 aliphatic heterocycles. The van der Waals surface area contributed by atoms with E-state index in [2.05, 4.69) is 75.5 Å². The number of carbonyl (C=O) groups excluding carboxylic acids is 1. The SMILES string of the molecule is O=C(CSc1nc2ccccc2[nH]1)N1CCN(C(c2ccccc2)c2ccccc2)CC1. The van der Waals surface area contributed by atoms with Crippen LogP contribution in [0.4, 0.5) is 0 Å². The van der Waals surface area contributed by atoms with E-state index in [-0.39, 0.29) is 11.9 Å². The molecule has 0 saturated carbocycles. The molecule has 1 aliphatic rings. The highest BCUT2D eigenvalue weighted by Crippen LogP contribution is 2.29. The number of imidazole rings is 1. The third-order valence-electron chi connectivity index (χ3n) is 5.96. The Morgan fingerprint density at radius 2 is 1.44 bits per heavy atom. The zero-order valence-corrected chi connectivity index (χ0v) is 18.7. The highest BCUT2D eigenvalue weighted by atomic mass is 32.2. The maximum absolute atomic E-state index is 12.8. The van der Waals surface area contributed by atoms with E-state index in [1.54, 1.807) is 0 Å². The number of aromatic nitrogens is 2. The van der Waals surface area contributed by atoms with Crippen LogP contribution in [0.2, 0.25) is 0 Å². The molecule has 32 heavy (non-hydrogen) atoms. The first kappa shape index (κ1) is 20.8. The quantitative estimate of drug-likeness (QED) is 0.444. The summed E-state index contributed by atoms with van der Waals surface area (Å²) in [5.41, 5.74) is 4.52. The van der Waals surface area contributed by atoms with Gasteiger partial charge in [0.25, 0.3) is 0 Å². The van der Waals surface area contributed by atoms with Crippen LogP contribution in [0.3, 0.4) is 0 Å². The van der Waals surface area contributed by atoms with Crippen molar-refractivity contribution in [2.45, 2.75) is 11.2 Å². The van der Waals surface area contributed by atoms with Crippen molar-refractivity contribution in [1.29, 1.82) is 0 Å². The van der Waals surface area contributed by atoms with Gasteiger partial charge in [0.2, 0.25) is 5.91 Å². The van der Waals surface area contributed by atoms with Crippen LogP contribution in [0.15, 0.2) is 90.1 Å². The second-order valence-electron chi connectivity index (χ2n) is 7.99. The van der Waals surface area contributed by atoms with Crippen LogP contribution in [0.25, 0.3) is 11.0 Å². The molecule has 3 aromatic carbocycles. The lowest BCUT2D eigenvalue weighted by Crippen LogP contribution is -2.50. The Kier molecular flexibility index (Phi) is 6.23. The minimum Gasteiger partial charge on any atom is -0.339 e. The number of rotatable bonds is 6. The van der Waals surface area contributed by atoms with Gasteiger partial charge in [0, 0.05) is 26.2 Å². The predicted octanol–water partition coefficient (Wildman–Crippen LogP) is 4.59. The molecule has 5 rings (SSSR count). The second kappa shape index (κ2) is 9.59. The summed E-state index contributed by atoms with van der Waals surface area (Å²) in [6, 6.07) is 29.4. The molecular formula is C26H26N4OS. The number of nitrogens with zero attached hydrogens (tertiary/aromatic N) is 3. The molecule has 0 bridgehead atoms. The van der Waals surface area contributed by atoms with Crippen LogP contribution < -0.4 is 0 Å². The zero-order valence-electron chi connectivity index (χ0n) is 17.9. The van der Waals surface area contributed by atoms with E-state index in [0.29, 0.717) is 5.75 Å². The number of carbonyl (C=O) groups is 1. The van der Waals surface area contributed by atoms with Crippen molar-refractivity contribution >= 4 is 28.7 Å². The van der Waals surface area contributed by atoms with Crippen LogP contribution >= 0.6 is 11.8 Å². The first-order chi connectivity index (χ1) is 15.8. The number of piperazine rings is 1. The van der Waals surface area contributed by atoms with Crippen LogP contribution in [-0.4, -0.2) is 57.6 Å². The lowest BCUT2D eigenvalue weighted by Gasteiger charge is -2.39. The van der Waals surface area contributed by atoms with E-state index < -0.39 is 0 Å². The molecule has 1 aromatic heterocycles.